The minimum absolute atomic E-state index is 0.151. The number of hydrogen-bond donors (Lipinski definition) is 1. The summed E-state index contributed by atoms with van der Waals surface area (Å²) in [5, 5.41) is 3.68. The summed E-state index contributed by atoms with van der Waals surface area (Å²) < 4.78 is 5.48. The summed E-state index contributed by atoms with van der Waals surface area (Å²) in [6.07, 6.45) is 0.229. The molecule has 0 fully saturated rings. The number of nitrogens with zero attached hydrogens (tertiary/aromatic N) is 1. The summed E-state index contributed by atoms with van der Waals surface area (Å²) in [4.78, 5) is 25.3. The van der Waals surface area contributed by atoms with Gasteiger partial charge in [0, 0.05) is 25.0 Å². The van der Waals surface area contributed by atoms with Crippen LogP contribution in [0.2, 0.25) is 10.0 Å². The molecule has 0 spiro atoms. The molecule has 0 saturated carbocycles. The van der Waals surface area contributed by atoms with Crippen LogP contribution in [-0.4, -0.2) is 31.5 Å². The van der Waals surface area contributed by atoms with E-state index in [1.807, 2.05) is 30.3 Å². The van der Waals surface area contributed by atoms with Gasteiger partial charge in [0.25, 0.3) is 0 Å². The Bertz CT molecular complexity index is 754. The fraction of sp³-hybridized carbons (Fsp3) is 0.263. The van der Waals surface area contributed by atoms with Crippen molar-refractivity contribution in [1.29, 1.82) is 0 Å². The van der Waals surface area contributed by atoms with Gasteiger partial charge >= 0.3 is 0 Å². The SMILES string of the molecule is CC(=O)N(CCNC(=O)CCOc1ccccc1)c1cc(Cl)ccc1Cl. The van der Waals surface area contributed by atoms with Crippen molar-refractivity contribution < 1.29 is 14.3 Å². The minimum atomic E-state index is -0.184. The Hall–Kier alpha value is -2.24. The van der Waals surface area contributed by atoms with Gasteiger partial charge in [-0.3, -0.25) is 9.59 Å². The largest absolute Gasteiger partial charge is 0.493 e. The molecule has 5 nitrogen and oxygen atoms in total. The molecular weight excluding hydrogens is 375 g/mol. The zero-order chi connectivity index (χ0) is 18.9. The Balaban J connectivity index is 1.79. The van der Waals surface area contributed by atoms with E-state index in [-0.39, 0.29) is 24.8 Å². The normalized spacial score (nSPS) is 10.3. The van der Waals surface area contributed by atoms with Crippen molar-refractivity contribution in [3.63, 3.8) is 0 Å². The van der Waals surface area contributed by atoms with Crippen molar-refractivity contribution in [2.24, 2.45) is 0 Å². The quantitative estimate of drug-likeness (QED) is 0.737. The maximum absolute atomic E-state index is 11.9. The lowest BCUT2D eigenvalue weighted by atomic mass is 10.2. The van der Waals surface area contributed by atoms with Gasteiger partial charge in [0.05, 0.1) is 23.7 Å². The molecule has 0 aliphatic heterocycles. The highest BCUT2D eigenvalue weighted by Crippen LogP contribution is 2.29. The second-order valence-corrected chi connectivity index (χ2v) is 6.37. The molecule has 2 amide bonds. The first kappa shape index (κ1) is 20.1. The summed E-state index contributed by atoms with van der Waals surface area (Å²) in [6, 6.07) is 14.2. The van der Waals surface area contributed by atoms with E-state index in [1.165, 1.54) is 11.8 Å². The molecule has 0 heterocycles. The molecule has 0 saturated heterocycles. The van der Waals surface area contributed by atoms with Crippen LogP contribution in [0, 0.1) is 0 Å². The van der Waals surface area contributed by atoms with Gasteiger partial charge in [-0.1, -0.05) is 41.4 Å². The number of carbonyl (C=O) groups is 2. The van der Waals surface area contributed by atoms with Crippen LogP contribution < -0.4 is 15.0 Å². The average molecular weight is 395 g/mol. The zero-order valence-electron chi connectivity index (χ0n) is 14.4. The van der Waals surface area contributed by atoms with Gasteiger partial charge < -0.3 is 15.0 Å². The number of amides is 2. The molecular formula is C19H20Cl2N2O3. The maximum atomic E-state index is 11.9. The number of carbonyl (C=O) groups excluding carboxylic acids is 2. The van der Waals surface area contributed by atoms with Crippen molar-refractivity contribution in [1.82, 2.24) is 5.32 Å². The zero-order valence-corrected chi connectivity index (χ0v) is 15.9. The van der Waals surface area contributed by atoms with Crippen molar-refractivity contribution in [3.05, 3.63) is 58.6 Å². The molecule has 0 unspecified atom stereocenters. The van der Waals surface area contributed by atoms with Crippen molar-refractivity contribution in [3.8, 4) is 5.75 Å². The topological polar surface area (TPSA) is 58.6 Å². The van der Waals surface area contributed by atoms with E-state index in [0.717, 1.165) is 5.75 Å². The van der Waals surface area contributed by atoms with E-state index >= 15 is 0 Å². The van der Waals surface area contributed by atoms with Crippen molar-refractivity contribution in [2.75, 3.05) is 24.6 Å². The third-order valence-corrected chi connectivity index (χ3v) is 4.13. The molecule has 0 atom stereocenters. The Morgan fingerprint density at radius 1 is 1.12 bits per heavy atom. The van der Waals surface area contributed by atoms with Crippen LogP contribution in [-0.2, 0) is 9.59 Å². The molecule has 26 heavy (non-hydrogen) atoms. The summed E-state index contributed by atoms with van der Waals surface area (Å²) >= 11 is 12.1. The lowest BCUT2D eigenvalue weighted by Gasteiger charge is -2.22. The predicted octanol–water partition coefficient (Wildman–Crippen LogP) is 3.93. The van der Waals surface area contributed by atoms with E-state index < -0.39 is 0 Å². The van der Waals surface area contributed by atoms with Gasteiger partial charge in [0.2, 0.25) is 11.8 Å². The fourth-order valence-electron chi connectivity index (χ4n) is 2.31. The number of hydrogen-bond acceptors (Lipinski definition) is 3. The molecule has 1 N–H and O–H groups in total. The average Bonchev–Trinajstić information content (AvgIpc) is 2.62. The Morgan fingerprint density at radius 3 is 2.54 bits per heavy atom. The molecule has 7 heteroatoms. The van der Waals surface area contributed by atoms with Gasteiger partial charge in [-0.2, -0.15) is 0 Å². The lowest BCUT2D eigenvalue weighted by molar-refractivity contribution is -0.122. The fourth-order valence-corrected chi connectivity index (χ4v) is 2.70. The summed E-state index contributed by atoms with van der Waals surface area (Å²) in [6.45, 7) is 2.31. The van der Waals surface area contributed by atoms with Crippen LogP contribution >= 0.6 is 23.2 Å². The number of rotatable bonds is 8. The van der Waals surface area contributed by atoms with Gasteiger partial charge in [-0.15, -0.1) is 0 Å². The second kappa shape index (κ2) is 10.0. The molecule has 0 radical (unpaired) electrons. The first-order chi connectivity index (χ1) is 12.5. The monoisotopic (exact) mass is 394 g/mol. The highest BCUT2D eigenvalue weighted by Gasteiger charge is 2.15. The van der Waals surface area contributed by atoms with E-state index in [2.05, 4.69) is 5.32 Å². The molecule has 2 rings (SSSR count). The highest BCUT2D eigenvalue weighted by atomic mass is 35.5. The minimum Gasteiger partial charge on any atom is -0.493 e. The summed E-state index contributed by atoms with van der Waals surface area (Å²) in [5.74, 6) is 0.385. The van der Waals surface area contributed by atoms with E-state index in [4.69, 9.17) is 27.9 Å². The van der Waals surface area contributed by atoms with Crippen LogP contribution in [0.3, 0.4) is 0 Å². The number of halogens is 2. The van der Waals surface area contributed by atoms with Gasteiger partial charge in [0.1, 0.15) is 5.75 Å². The van der Waals surface area contributed by atoms with Gasteiger partial charge in [0.15, 0.2) is 0 Å². The number of ether oxygens (including phenoxy) is 1. The van der Waals surface area contributed by atoms with E-state index in [0.29, 0.717) is 28.8 Å². The third-order valence-electron chi connectivity index (χ3n) is 3.58. The molecule has 0 aliphatic rings. The summed E-state index contributed by atoms with van der Waals surface area (Å²) in [5.41, 5.74) is 0.522. The molecule has 2 aromatic carbocycles. The molecule has 138 valence electrons. The van der Waals surface area contributed by atoms with Crippen LogP contribution in [0.15, 0.2) is 48.5 Å². The maximum Gasteiger partial charge on any atom is 0.223 e. The number of anilines is 1. The van der Waals surface area contributed by atoms with Crippen molar-refractivity contribution >= 4 is 40.7 Å². The first-order valence-corrected chi connectivity index (χ1v) is 8.90. The smallest absolute Gasteiger partial charge is 0.223 e. The third kappa shape index (κ3) is 6.24. The van der Waals surface area contributed by atoms with Crippen LogP contribution in [0.4, 0.5) is 5.69 Å². The lowest BCUT2D eigenvalue weighted by Crippen LogP contribution is -2.38. The number of para-hydroxylation sites is 1. The van der Waals surface area contributed by atoms with E-state index in [1.54, 1.807) is 18.2 Å². The number of benzene rings is 2. The standard InChI is InChI=1S/C19H20Cl2N2O3/c1-14(24)23(18-13-15(20)7-8-17(18)21)11-10-22-19(25)9-12-26-16-5-3-2-4-6-16/h2-8,13H,9-12H2,1H3,(H,22,25). The van der Waals surface area contributed by atoms with Gasteiger partial charge in [-0.25, -0.2) is 0 Å². The van der Waals surface area contributed by atoms with Gasteiger partial charge in [-0.05, 0) is 30.3 Å². The Morgan fingerprint density at radius 2 is 1.85 bits per heavy atom. The molecule has 0 aromatic heterocycles. The molecule has 0 bridgehead atoms. The van der Waals surface area contributed by atoms with Crippen molar-refractivity contribution in [2.45, 2.75) is 13.3 Å². The molecule has 0 aliphatic carbocycles. The molecule has 2 aromatic rings. The Kier molecular flexibility index (Phi) is 7.75. The Labute approximate surface area is 162 Å². The second-order valence-electron chi connectivity index (χ2n) is 5.53. The number of nitrogens with one attached hydrogen (secondary N) is 1. The first-order valence-electron chi connectivity index (χ1n) is 8.15. The van der Waals surface area contributed by atoms with E-state index in [9.17, 15) is 9.59 Å². The van der Waals surface area contributed by atoms with Crippen LogP contribution in [0.25, 0.3) is 0 Å². The highest BCUT2D eigenvalue weighted by molar-refractivity contribution is 6.35. The summed E-state index contributed by atoms with van der Waals surface area (Å²) in [7, 11) is 0. The van der Waals surface area contributed by atoms with Crippen LogP contribution in [0.1, 0.15) is 13.3 Å². The van der Waals surface area contributed by atoms with Crippen LogP contribution in [0.5, 0.6) is 5.75 Å². The predicted molar refractivity (Wildman–Crippen MR) is 104 cm³/mol.